The smallest absolute Gasteiger partial charge is 0.0722 e. The molecular weight excluding hydrogens is 368 g/mol. The number of aryl methyl sites for hydroxylation is 1. The van der Waals surface area contributed by atoms with Gasteiger partial charge in [0.05, 0.1) is 5.52 Å². The number of pyridine rings is 1. The van der Waals surface area contributed by atoms with Gasteiger partial charge in [0, 0.05) is 59.3 Å². The van der Waals surface area contributed by atoms with Crippen molar-refractivity contribution in [2.24, 2.45) is 7.05 Å². The van der Waals surface area contributed by atoms with E-state index < -0.39 is 0 Å². The largest absolute Gasteiger partial charge is 0.385 e. The van der Waals surface area contributed by atoms with Crippen LogP contribution in [0, 0.1) is 0 Å². The predicted molar refractivity (Wildman–Crippen MR) is 127 cm³/mol. The van der Waals surface area contributed by atoms with Crippen LogP contribution in [0.4, 0.5) is 17.1 Å². The van der Waals surface area contributed by atoms with E-state index in [1.54, 1.807) is 0 Å². The van der Waals surface area contributed by atoms with Crippen LogP contribution >= 0.6 is 0 Å². The highest BCUT2D eigenvalue weighted by Gasteiger charge is 2.06. The van der Waals surface area contributed by atoms with Crippen LogP contribution in [-0.2, 0) is 13.5 Å². The van der Waals surface area contributed by atoms with Gasteiger partial charge in [-0.25, -0.2) is 0 Å². The summed E-state index contributed by atoms with van der Waals surface area (Å²) in [4.78, 5) is 4.43. The molecule has 0 aliphatic carbocycles. The van der Waals surface area contributed by atoms with Crippen molar-refractivity contribution in [3.63, 3.8) is 0 Å². The average Bonchev–Trinajstić information content (AvgIpc) is 3.11. The number of aromatic nitrogens is 2. The zero-order valence-corrected chi connectivity index (χ0v) is 17.0. The maximum Gasteiger partial charge on any atom is 0.0722 e. The van der Waals surface area contributed by atoms with Crippen molar-refractivity contribution in [2.75, 3.05) is 17.2 Å². The van der Waals surface area contributed by atoms with Gasteiger partial charge < -0.3 is 15.2 Å². The Bertz CT molecular complexity index is 1300. The fourth-order valence-electron chi connectivity index (χ4n) is 4.00. The highest BCUT2D eigenvalue weighted by Crippen LogP contribution is 2.26. The maximum absolute atomic E-state index is 4.43. The third-order valence-electron chi connectivity index (χ3n) is 5.52. The van der Waals surface area contributed by atoms with E-state index in [1.807, 2.05) is 30.5 Å². The molecule has 148 valence electrons. The van der Waals surface area contributed by atoms with E-state index in [4.69, 9.17) is 0 Å². The molecule has 2 aromatic heterocycles. The van der Waals surface area contributed by atoms with Crippen molar-refractivity contribution in [2.45, 2.75) is 6.42 Å². The second-order valence-corrected chi connectivity index (χ2v) is 7.54. The number of hydrogen-bond acceptors (Lipinski definition) is 3. The first-order valence-electron chi connectivity index (χ1n) is 10.3. The standard InChI is InChI=1S/C26H24N4/c1-30-18-19(22-6-3-5-9-26(22)30)14-16-27-20-10-12-21(13-11-20)29-25-15-17-28-24-8-4-2-7-23(24)25/h2-13,15,17-18,27H,14,16H2,1H3,(H,28,29). The summed E-state index contributed by atoms with van der Waals surface area (Å²) in [6.07, 6.45) is 5.07. The van der Waals surface area contributed by atoms with Crippen LogP contribution in [0.1, 0.15) is 5.56 Å². The summed E-state index contributed by atoms with van der Waals surface area (Å²) in [6.45, 7) is 0.899. The molecule has 0 saturated carbocycles. The molecule has 0 saturated heterocycles. The number of hydrogen-bond donors (Lipinski definition) is 2. The lowest BCUT2D eigenvalue weighted by molar-refractivity contribution is 0.943. The average molecular weight is 393 g/mol. The van der Waals surface area contributed by atoms with Crippen LogP contribution in [0.2, 0.25) is 0 Å². The molecule has 4 heteroatoms. The van der Waals surface area contributed by atoms with Gasteiger partial charge in [-0.3, -0.25) is 4.98 Å². The number of para-hydroxylation sites is 2. The summed E-state index contributed by atoms with van der Waals surface area (Å²) < 4.78 is 2.20. The van der Waals surface area contributed by atoms with Gasteiger partial charge in [0.2, 0.25) is 0 Å². The van der Waals surface area contributed by atoms with Crippen molar-refractivity contribution in [3.05, 3.63) is 96.8 Å². The Morgan fingerprint density at radius 3 is 2.40 bits per heavy atom. The number of anilines is 3. The van der Waals surface area contributed by atoms with E-state index in [1.165, 1.54) is 16.5 Å². The number of nitrogens with zero attached hydrogens (tertiary/aromatic N) is 2. The van der Waals surface area contributed by atoms with Gasteiger partial charge in [0.25, 0.3) is 0 Å². The molecule has 30 heavy (non-hydrogen) atoms. The summed E-state index contributed by atoms with van der Waals surface area (Å²) in [5.41, 5.74) is 6.91. The Morgan fingerprint density at radius 2 is 1.53 bits per heavy atom. The summed E-state index contributed by atoms with van der Waals surface area (Å²) in [6, 6.07) is 27.2. The number of benzene rings is 3. The molecule has 3 aromatic carbocycles. The molecule has 4 nitrogen and oxygen atoms in total. The summed E-state index contributed by atoms with van der Waals surface area (Å²) in [7, 11) is 2.11. The lowest BCUT2D eigenvalue weighted by atomic mass is 10.1. The third kappa shape index (κ3) is 3.60. The molecule has 0 spiro atoms. The lowest BCUT2D eigenvalue weighted by Crippen LogP contribution is -2.04. The number of nitrogens with one attached hydrogen (secondary N) is 2. The van der Waals surface area contributed by atoms with Gasteiger partial charge in [0.15, 0.2) is 0 Å². The highest BCUT2D eigenvalue weighted by molar-refractivity contribution is 5.92. The summed E-state index contributed by atoms with van der Waals surface area (Å²) in [5, 5.41) is 9.51. The second-order valence-electron chi connectivity index (χ2n) is 7.54. The van der Waals surface area contributed by atoms with E-state index in [0.717, 1.165) is 40.9 Å². The van der Waals surface area contributed by atoms with Crippen LogP contribution in [0.15, 0.2) is 91.3 Å². The van der Waals surface area contributed by atoms with Crippen molar-refractivity contribution in [3.8, 4) is 0 Å². The highest BCUT2D eigenvalue weighted by atomic mass is 14.9. The SMILES string of the molecule is Cn1cc(CCNc2ccc(Nc3ccnc4ccccc34)cc2)c2ccccc21. The molecule has 0 aliphatic rings. The second kappa shape index (κ2) is 7.91. The normalized spacial score (nSPS) is 11.1. The topological polar surface area (TPSA) is 41.9 Å². The van der Waals surface area contributed by atoms with E-state index >= 15 is 0 Å². The molecule has 0 fully saturated rings. The van der Waals surface area contributed by atoms with Crippen LogP contribution in [-0.4, -0.2) is 16.1 Å². The number of fused-ring (bicyclic) bond motifs is 2. The van der Waals surface area contributed by atoms with E-state index in [9.17, 15) is 0 Å². The molecule has 0 unspecified atom stereocenters. The summed E-state index contributed by atoms with van der Waals surface area (Å²) in [5.74, 6) is 0. The van der Waals surface area contributed by atoms with Crippen molar-refractivity contribution in [1.82, 2.24) is 9.55 Å². The summed E-state index contributed by atoms with van der Waals surface area (Å²) >= 11 is 0. The first-order valence-corrected chi connectivity index (χ1v) is 10.3. The quantitative estimate of drug-likeness (QED) is 0.365. The monoisotopic (exact) mass is 392 g/mol. The van der Waals surface area contributed by atoms with E-state index in [2.05, 4.69) is 88.0 Å². The van der Waals surface area contributed by atoms with E-state index in [0.29, 0.717) is 0 Å². The molecular formula is C26H24N4. The Morgan fingerprint density at radius 1 is 0.800 bits per heavy atom. The molecule has 0 aliphatic heterocycles. The fraction of sp³-hybridized carbons (Fsp3) is 0.115. The molecule has 0 radical (unpaired) electrons. The molecule has 5 rings (SSSR count). The first-order chi connectivity index (χ1) is 14.8. The van der Waals surface area contributed by atoms with Crippen molar-refractivity contribution >= 4 is 38.9 Å². The Kier molecular flexibility index (Phi) is 4.81. The predicted octanol–water partition coefficient (Wildman–Crippen LogP) is 6.12. The minimum Gasteiger partial charge on any atom is -0.385 e. The maximum atomic E-state index is 4.43. The molecule has 2 N–H and O–H groups in total. The van der Waals surface area contributed by atoms with Crippen LogP contribution < -0.4 is 10.6 Å². The first kappa shape index (κ1) is 18.3. The Labute approximate surface area is 176 Å². The van der Waals surface area contributed by atoms with Crippen molar-refractivity contribution in [1.29, 1.82) is 0 Å². The van der Waals surface area contributed by atoms with Crippen molar-refractivity contribution < 1.29 is 0 Å². The minimum absolute atomic E-state index is 0.899. The molecule has 0 atom stereocenters. The number of rotatable bonds is 6. The van der Waals surface area contributed by atoms with Gasteiger partial charge in [0.1, 0.15) is 0 Å². The Balaban J connectivity index is 1.24. The zero-order chi connectivity index (χ0) is 20.3. The lowest BCUT2D eigenvalue weighted by Gasteiger charge is -2.11. The van der Waals surface area contributed by atoms with Crippen LogP contribution in [0.3, 0.4) is 0 Å². The molecule has 2 heterocycles. The van der Waals surface area contributed by atoms with Gasteiger partial charge in [-0.2, -0.15) is 0 Å². The molecule has 0 amide bonds. The van der Waals surface area contributed by atoms with Gasteiger partial charge in [-0.05, 0) is 54.4 Å². The van der Waals surface area contributed by atoms with E-state index in [-0.39, 0.29) is 0 Å². The van der Waals surface area contributed by atoms with Gasteiger partial charge in [-0.15, -0.1) is 0 Å². The minimum atomic E-state index is 0.899. The Hall–Kier alpha value is -3.79. The third-order valence-corrected chi connectivity index (χ3v) is 5.52. The van der Waals surface area contributed by atoms with Gasteiger partial charge >= 0.3 is 0 Å². The van der Waals surface area contributed by atoms with Crippen LogP contribution in [0.5, 0.6) is 0 Å². The molecule has 0 bridgehead atoms. The fourth-order valence-corrected chi connectivity index (χ4v) is 4.00. The zero-order valence-electron chi connectivity index (χ0n) is 17.0. The van der Waals surface area contributed by atoms with Crippen LogP contribution in [0.25, 0.3) is 21.8 Å². The van der Waals surface area contributed by atoms with Gasteiger partial charge in [-0.1, -0.05) is 36.4 Å². The molecule has 5 aromatic rings.